The van der Waals surface area contributed by atoms with Crippen molar-refractivity contribution in [2.24, 2.45) is 0 Å². The fraction of sp³-hybridized carbons (Fsp3) is 0.214. The van der Waals surface area contributed by atoms with E-state index in [2.05, 4.69) is 9.88 Å². The van der Waals surface area contributed by atoms with E-state index in [4.69, 9.17) is 5.73 Å². The lowest BCUT2D eigenvalue weighted by Crippen LogP contribution is -2.17. The summed E-state index contributed by atoms with van der Waals surface area (Å²) in [7, 11) is 1.99. The molecule has 0 saturated carbocycles. The Morgan fingerprint density at radius 2 is 1.89 bits per heavy atom. The predicted molar refractivity (Wildman–Crippen MR) is 70.2 cm³/mol. The Morgan fingerprint density at radius 1 is 1.17 bits per heavy atom. The highest BCUT2D eigenvalue weighted by Gasteiger charge is 2.03. The number of pyridine rings is 1. The summed E-state index contributed by atoms with van der Waals surface area (Å²) in [4.78, 5) is 6.05. The van der Waals surface area contributed by atoms with Crippen molar-refractivity contribution in [3.63, 3.8) is 0 Å². The molecule has 3 nitrogen and oxygen atoms in total. The monoisotopic (exact) mass is 245 g/mol. The van der Waals surface area contributed by atoms with Crippen molar-refractivity contribution in [3.05, 3.63) is 59.5 Å². The van der Waals surface area contributed by atoms with Crippen LogP contribution in [-0.4, -0.2) is 16.9 Å². The minimum absolute atomic E-state index is 0.200. The maximum Gasteiger partial charge on any atom is 0.123 e. The van der Waals surface area contributed by atoms with E-state index in [9.17, 15) is 4.39 Å². The van der Waals surface area contributed by atoms with Crippen LogP contribution in [0.3, 0.4) is 0 Å². The van der Waals surface area contributed by atoms with E-state index in [1.807, 2.05) is 25.2 Å². The zero-order valence-corrected chi connectivity index (χ0v) is 10.3. The number of nitrogens with zero attached hydrogens (tertiary/aromatic N) is 2. The molecule has 2 aromatic rings. The number of hydrogen-bond acceptors (Lipinski definition) is 3. The van der Waals surface area contributed by atoms with Crippen LogP contribution in [0.5, 0.6) is 0 Å². The van der Waals surface area contributed by atoms with Crippen molar-refractivity contribution in [1.82, 2.24) is 9.88 Å². The van der Waals surface area contributed by atoms with Gasteiger partial charge in [0.1, 0.15) is 11.6 Å². The van der Waals surface area contributed by atoms with Gasteiger partial charge in [-0.25, -0.2) is 9.37 Å². The van der Waals surface area contributed by atoms with Crippen molar-refractivity contribution in [1.29, 1.82) is 0 Å². The number of nitrogens with two attached hydrogens (primary N) is 1. The predicted octanol–water partition coefficient (Wildman–Crippen LogP) is 2.43. The first kappa shape index (κ1) is 12.5. The van der Waals surface area contributed by atoms with Crippen molar-refractivity contribution < 1.29 is 4.39 Å². The Morgan fingerprint density at radius 3 is 2.56 bits per heavy atom. The maximum atomic E-state index is 13.1. The molecule has 0 atom stereocenters. The molecule has 1 aromatic carbocycles. The van der Waals surface area contributed by atoms with Crippen LogP contribution < -0.4 is 5.73 Å². The van der Waals surface area contributed by atoms with Gasteiger partial charge in [-0.2, -0.15) is 0 Å². The second kappa shape index (κ2) is 5.60. The molecule has 0 bridgehead atoms. The molecule has 0 radical (unpaired) electrons. The highest BCUT2D eigenvalue weighted by atomic mass is 19.1. The van der Waals surface area contributed by atoms with Crippen LogP contribution in [0.25, 0.3) is 0 Å². The zero-order valence-electron chi connectivity index (χ0n) is 10.3. The lowest BCUT2D eigenvalue weighted by molar-refractivity contribution is 0.318. The molecule has 0 saturated heterocycles. The summed E-state index contributed by atoms with van der Waals surface area (Å²) in [6.45, 7) is 1.45. The molecule has 4 heteroatoms. The summed E-state index contributed by atoms with van der Waals surface area (Å²) in [5.74, 6) is 0.320. The van der Waals surface area contributed by atoms with E-state index in [0.29, 0.717) is 12.4 Å². The maximum absolute atomic E-state index is 13.1. The van der Waals surface area contributed by atoms with Gasteiger partial charge in [0, 0.05) is 19.3 Å². The largest absolute Gasteiger partial charge is 0.384 e. The van der Waals surface area contributed by atoms with Gasteiger partial charge in [0.05, 0.1) is 0 Å². The van der Waals surface area contributed by atoms with Gasteiger partial charge in [-0.15, -0.1) is 0 Å². The van der Waals surface area contributed by atoms with E-state index >= 15 is 0 Å². The quantitative estimate of drug-likeness (QED) is 0.899. The number of aromatic nitrogens is 1. The van der Waals surface area contributed by atoms with Gasteiger partial charge in [0.25, 0.3) is 0 Å². The summed E-state index contributed by atoms with van der Waals surface area (Å²) in [5, 5.41) is 0. The fourth-order valence-electron chi connectivity index (χ4n) is 1.91. The van der Waals surface area contributed by atoms with E-state index < -0.39 is 0 Å². The summed E-state index contributed by atoms with van der Waals surface area (Å²) >= 11 is 0. The third-order valence-electron chi connectivity index (χ3n) is 2.64. The molecule has 0 spiro atoms. The van der Waals surface area contributed by atoms with Crippen LogP contribution in [0.1, 0.15) is 11.1 Å². The van der Waals surface area contributed by atoms with E-state index in [0.717, 1.165) is 17.7 Å². The normalized spacial score (nSPS) is 10.8. The van der Waals surface area contributed by atoms with Gasteiger partial charge < -0.3 is 5.73 Å². The first-order chi connectivity index (χ1) is 8.63. The first-order valence-corrected chi connectivity index (χ1v) is 5.77. The molecule has 0 aliphatic rings. The highest BCUT2D eigenvalue weighted by molar-refractivity contribution is 5.31. The molecule has 0 fully saturated rings. The van der Waals surface area contributed by atoms with Crippen molar-refractivity contribution in [2.75, 3.05) is 12.8 Å². The summed E-state index contributed by atoms with van der Waals surface area (Å²) in [6, 6.07) is 10.4. The first-order valence-electron chi connectivity index (χ1n) is 5.77. The molecule has 18 heavy (non-hydrogen) atoms. The highest BCUT2D eigenvalue weighted by Crippen LogP contribution is 2.10. The number of nitrogen functional groups attached to an aromatic ring is 1. The average molecular weight is 245 g/mol. The lowest BCUT2D eigenvalue weighted by atomic mass is 10.2. The summed E-state index contributed by atoms with van der Waals surface area (Å²) < 4.78 is 13.1. The molecule has 2 rings (SSSR count). The molecular weight excluding hydrogens is 229 g/mol. The molecule has 0 unspecified atom stereocenters. The van der Waals surface area contributed by atoms with Crippen LogP contribution in [0, 0.1) is 5.82 Å². The van der Waals surface area contributed by atoms with Gasteiger partial charge in [-0.1, -0.05) is 12.1 Å². The van der Waals surface area contributed by atoms with Gasteiger partial charge in [0.2, 0.25) is 0 Å². The minimum Gasteiger partial charge on any atom is -0.384 e. The lowest BCUT2D eigenvalue weighted by Gasteiger charge is -2.16. The molecule has 0 amide bonds. The van der Waals surface area contributed by atoms with Crippen LogP contribution in [0.2, 0.25) is 0 Å². The second-order valence-electron chi connectivity index (χ2n) is 4.39. The zero-order chi connectivity index (χ0) is 13.0. The van der Waals surface area contributed by atoms with Gasteiger partial charge >= 0.3 is 0 Å². The topological polar surface area (TPSA) is 42.2 Å². The van der Waals surface area contributed by atoms with Gasteiger partial charge in [0.15, 0.2) is 0 Å². The molecule has 0 aliphatic heterocycles. The van der Waals surface area contributed by atoms with Gasteiger partial charge in [-0.3, -0.25) is 4.90 Å². The Labute approximate surface area is 106 Å². The van der Waals surface area contributed by atoms with Crippen LogP contribution in [0.4, 0.5) is 10.2 Å². The minimum atomic E-state index is -0.200. The molecule has 2 N–H and O–H groups in total. The number of anilines is 1. The Kier molecular flexibility index (Phi) is 3.89. The SMILES string of the molecule is CN(Cc1cccc(F)c1)Cc1ccnc(N)c1. The number of halogens is 1. The number of rotatable bonds is 4. The van der Waals surface area contributed by atoms with Crippen LogP contribution in [-0.2, 0) is 13.1 Å². The van der Waals surface area contributed by atoms with Crippen LogP contribution >= 0.6 is 0 Å². The van der Waals surface area contributed by atoms with Crippen molar-refractivity contribution >= 4 is 5.82 Å². The van der Waals surface area contributed by atoms with E-state index in [1.54, 1.807) is 18.3 Å². The van der Waals surface area contributed by atoms with Crippen LogP contribution in [0.15, 0.2) is 42.6 Å². The molecule has 94 valence electrons. The molecular formula is C14H16FN3. The second-order valence-corrected chi connectivity index (χ2v) is 4.39. The van der Waals surface area contributed by atoms with Crippen molar-refractivity contribution in [2.45, 2.75) is 13.1 Å². The summed E-state index contributed by atoms with van der Waals surface area (Å²) in [5.41, 5.74) is 7.68. The number of hydrogen-bond donors (Lipinski definition) is 1. The molecule has 0 aliphatic carbocycles. The Hall–Kier alpha value is -1.94. The molecule has 1 aromatic heterocycles. The Bertz CT molecular complexity index is 480. The number of benzene rings is 1. The molecule has 1 heterocycles. The van der Waals surface area contributed by atoms with Crippen molar-refractivity contribution in [3.8, 4) is 0 Å². The van der Waals surface area contributed by atoms with E-state index in [1.165, 1.54) is 6.07 Å². The third-order valence-corrected chi connectivity index (χ3v) is 2.64. The summed E-state index contributed by atoms with van der Waals surface area (Å²) in [6.07, 6.45) is 1.70. The third kappa shape index (κ3) is 3.53. The smallest absolute Gasteiger partial charge is 0.123 e. The Balaban J connectivity index is 1.98. The fourth-order valence-corrected chi connectivity index (χ4v) is 1.91. The standard InChI is InChI=1S/C14H16FN3/c1-18(9-11-3-2-4-13(15)7-11)10-12-5-6-17-14(16)8-12/h2-8H,9-10H2,1H3,(H2,16,17). The van der Waals surface area contributed by atoms with Gasteiger partial charge in [-0.05, 0) is 42.4 Å². The average Bonchev–Trinajstić information content (AvgIpc) is 2.28. The van der Waals surface area contributed by atoms with E-state index in [-0.39, 0.29) is 5.82 Å².